The van der Waals surface area contributed by atoms with Crippen LogP contribution in [0, 0.1) is 17.3 Å². The minimum Gasteiger partial charge on any atom is -0.353 e. The molecule has 0 spiro atoms. The summed E-state index contributed by atoms with van der Waals surface area (Å²) >= 11 is 0. The van der Waals surface area contributed by atoms with Crippen LogP contribution < -0.4 is 11.1 Å². The second-order valence-electron chi connectivity index (χ2n) is 7.74. The minimum absolute atomic E-state index is 0.0836. The molecule has 5 heteroatoms. The molecular formula is C16H29N3O2. The van der Waals surface area contributed by atoms with Crippen LogP contribution in [0.15, 0.2) is 0 Å². The van der Waals surface area contributed by atoms with Gasteiger partial charge in [-0.15, -0.1) is 0 Å². The van der Waals surface area contributed by atoms with Crippen molar-refractivity contribution in [2.24, 2.45) is 23.0 Å². The zero-order chi connectivity index (χ0) is 15.6. The number of nitrogens with one attached hydrogen (secondary N) is 1. The van der Waals surface area contributed by atoms with Gasteiger partial charge >= 0.3 is 0 Å². The van der Waals surface area contributed by atoms with Gasteiger partial charge in [-0.2, -0.15) is 0 Å². The van der Waals surface area contributed by atoms with Crippen LogP contribution in [0.25, 0.3) is 0 Å². The fourth-order valence-electron chi connectivity index (χ4n) is 3.58. The van der Waals surface area contributed by atoms with Crippen LogP contribution in [0.3, 0.4) is 0 Å². The van der Waals surface area contributed by atoms with Crippen LogP contribution in [0.2, 0.25) is 0 Å². The molecule has 2 fully saturated rings. The third-order valence-corrected chi connectivity index (χ3v) is 4.63. The van der Waals surface area contributed by atoms with Crippen molar-refractivity contribution in [3.05, 3.63) is 0 Å². The molecular weight excluding hydrogens is 266 g/mol. The van der Waals surface area contributed by atoms with Crippen LogP contribution in [0.4, 0.5) is 0 Å². The van der Waals surface area contributed by atoms with Gasteiger partial charge in [-0.05, 0) is 30.6 Å². The first-order chi connectivity index (χ1) is 9.80. The Hall–Kier alpha value is -1.10. The van der Waals surface area contributed by atoms with Crippen molar-refractivity contribution >= 4 is 11.8 Å². The number of nitrogens with zero attached hydrogens (tertiary/aromatic N) is 1. The van der Waals surface area contributed by atoms with Gasteiger partial charge in [0, 0.05) is 32.1 Å². The topological polar surface area (TPSA) is 75.4 Å². The van der Waals surface area contributed by atoms with Crippen molar-refractivity contribution in [2.45, 2.75) is 52.5 Å². The van der Waals surface area contributed by atoms with Gasteiger partial charge in [0.1, 0.15) is 0 Å². The molecule has 0 aliphatic carbocycles. The average Bonchev–Trinajstić information content (AvgIpc) is 2.42. The normalized spacial score (nSPS) is 27.8. The van der Waals surface area contributed by atoms with Crippen molar-refractivity contribution in [3.63, 3.8) is 0 Å². The zero-order valence-corrected chi connectivity index (χ0v) is 13.5. The molecule has 120 valence electrons. The van der Waals surface area contributed by atoms with E-state index in [4.69, 9.17) is 5.73 Å². The number of piperidine rings is 2. The summed E-state index contributed by atoms with van der Waals surface area (Å²) in [5.41, 5.74) is 5.94. The second-order valence-corrected chi connectivity index (χ2v) is 7.74. The maximum Gasteiger partial charge on any atom is 0.226 e. The largest absolute Gasteiger partial charge is 0.353 e. The van der Waals surface area contributed by atoms with Crippen molar-refractivity contribution in [1.29, 1.82) is 0 Å². The summed E-state index contributed by atoms with van der Waals surface area (Å²) in [6.07, 6.45) is 3.18. The number of carbonyl (C=O) groups is 2. The SMILES string of the molecule is CC(C)(C)CC(CN)C(=O)N1CCC2NC(=O)CCC2C1. The number of fused-ring (bicyclic) bond motifs is 1. The molecule has 0 saturated carbocycles. The lowest BCUT2D eigenvalue weighted by Gasteiger charge is -2.42. The van der Waals surface area contributed by atoms with Gasteiger partial charge in [0.2, 0.25) is 11.8 Å². The van der Waals surface area contributed by atoms with Crippen LogP contribution in [0.5, 0.6) is 0 Å². The van der Waals surface area contributed by atoms with E-state index in [1.54, 1.807) is 0 Å². The first-order valence-corrected chi connectivity index (χ1v) is 8.08. The second kappa shape index (κ2) is 6.34. The Bertz CT molecular complexity index is 403. The molecule has 5 nitrogen and oxygen atoms in total. The molecule has 21 heavy (non-hydrogen) atoms. The maximum absolute atomic E-state index is 12.7. The lowest BCUT2D eigenvalue weighted by molar-refractivity contribution is -0.139. The molecule has 2 heterocycles. The highest BCUT2D eigenvalue weighted by molar-refractivity contribution is 5.80. The molecule has 0 aromatic carbocycles. The Balaban J connectivity index is 1.95. The number of carbonyl (C=O) groups excluding carboxylic acids is 2. The molecule has 0 bridgehead atoms. The van der Waals surface area contributed by atoms with E-state index >= 15 is 0 Å². The number of hydrogen-bond donors (Lipinski definition) is 2. The minimum atomic E-state index is -0.0836. The molecule has 2 amide bonds. The number of rotatable bonds is 3. The summed E-state index contributed by atoms with van der Waals surface area (Å²) < 4.78 is 0. The first kappa shape index (κ1) is 16.3. The Morgan fingerprint density at radius 2 is 2.14 bits per heavy atom. The van der Waals surface area contributed by atoms with E-state index in [0.717, 1.165) is 32.4 Å². The van der Waals surface area contributed by atoms with Crippen LogP contribution in [0.1, 0.15) is 46.5 Å². The number of hydrogen-bond acceptors (Lipinski definition) is 3. The zero-order valence-electron chi connectivity index (χ0n) is 13.5. The molecule has 2 aliphatic rings. The molecule has 0 radical (unpaired) electrons. The molecule has 2 saturated heterocycles. The standard InChI is InChI=1S/C16H29N3O2/c1-16(2,3)8-12(9-17)15(21)19-7-6-13-11(10-19)4-5-14(20)18-13/h11-13H,4-10,17H2,1-3H3,(H,18,20). The van der Waals surface area contributed by atoms with E-state index in [1.165, 1.54) is 0 Å². The molecule has 0 aromatic rings. The van der Waals surface area contributed by atoms with Crippen LogP contribution in [-0.4, -0.2) is 42.4 Å². The Morgan fingerprint density at radius 1 is 1.43 bits per heavy atom. The predicted molar refractivity (Wildman–Crippen MR) is 82.5 cm³/mol. The Kier molecular flexibility index (Phi) is 4.91. The highest BCUT2D eigenvalue weighted by Gasteiger charge is 2.37. The lowest BCUT2D eigenvalue weighted by atomic mass is 9.82. The van der Waals surface area contributed by atoms with E-state index in [9.17, 15) is 9.59 Å². The van der Waals surface area contributed by atoms with Gasteiger partial charge in [-0.1, -0.05) is 20.8 Å². The maximum atomic E-state index is 12.7. The summed E-state index contributed by atoms with van der Waals surface area (Å²) in [5, 5.41) is 3.06. The van der Waals surface area contributed by atoms with Crippen molar-refractivity contribution in [3.8, 4) is 0 Å². The highest BCUT2D eigenvalue weighted by atomic mass is 16.2. The monoisotopic (exact) mass is 295 g/mol. The summed E-state index contributed by atoms with van der Waals surface area (Å²) in [4.78, 5) is 26.1. The first-order valence-electron chi connectivity index (χ1n) is 8.08. The quantitative estimate of drug-likeness (QED) is 0.819. The van der Waals surface area contributed by atoms with E-state index in [2.05, 4.69) is 26.1 Å². The summed E-state index contributed by atoms with van der Waals surface area (Å²) in [6, 6.07) is 0.259. The van der Waals surface area contributed by atoms with Gasteiger partial charge in [-0.3, -0.25) is 9.59 Å². The Labute approximate surface area is 127 Å². The van der Waals surface area contributed by atoms with E-state index in [-0.39, 0.29) is 29.2 Å². The van der Waals surface area contributed by atoms with Gasteiger partial charge in [-0.25, -0.2) is 0 Å². The molecule has 2 rings (SSSR count). The molecule has 0 aromatic heterocycles. The summed E-state index contributed by atoms with van der Waals surface area (Å²) in [7, 11) is 0. The third-order valence-electron chi connectivity index (χ3n) is 4.63. The smallest absolute Gasteiger partial charge is 0.226 e. The van der Waals surface area contributed by atoms with Crippen LogP contribution in [-0.2, 0) is 9.59 Å². The number of likely N-dealkylation sites (tertiary alicyclic amines) is 1. The Morgan fingerprint density at radius 3 is 2.76 bits per heavy atom. The van der Waals surface area contributed by atoms with E-state index in [0.29, 0.717) is 18.9 Å². The summed E-state index contributed by atoms with van der Waals surface area (Å²) in [5.74, 6) is 0.680. The predicted octanol–water partition coefficient (Wildman–Crippen LogP) is 1.12. The average molecular weight is 295 g/mol. The van der Waals surface area contributed by atoms with E-state index in [1.807, 2.05) is 4.90 Å². The van der Waals surface area contributed by atoms with Gasteiger partial charge in [0.15, 0.2) is 0 Å². The van der Waals surface area contributed by atoms with Gasteiger partial charge < -0.3 is 16.0 Å². The van der Waals surface area contributed by atoms with Crippen molar-refractivity contribution in [1.82, 2.24) is 10.2 Å². The molecule has 3 N–H and O–H groups in total. The summed E-state index contributed by atoms with van der Waals surface area (Å²) in [6.45, 7) is 8.35. The highest BCUT2D eigenvalue weighted by Crippen LogP contribution is 2.29. The fraction of sp³-hybridized carbons (Fsp3) is 0.875. The molecule has 3 unspecified atom stereocenters. The fourth-order valence-corrected chi connectivity index (χ4v) is 3.58. The van der Waals surface area contributed by atoms with Gasteiger partial charge in [0.25, 0.3) is 0 Å². The van der Waals surface area contributed by atoms with Crippen molar-refractivity contribution < 1.29 is 9.59 Å². The van der Waals surface area contributed by atoms with Crippen molar-refractivity contribution in [2.75, 3.05) is 19.6 Å². The van der Waals surface area contributed by atoms with Gasteiger partial charge in [0.05, 0.1) is 5.92 Å². The number of nitrogens with two attached hydrogens (primary N) is 1. The molecule has 2 aliphatic heterocycles. The molecule has 3 atom stereocenters. The third kappa shape index (κ3) is 4.19. The number of amides is 2. The van der Waals surface area contributed by atoms with Crippen LogP contribution >= 0.6 is 0 Å². The lowest BCUT2D eigenvalue weighted by Crippen LogP contribution is -2.56. The van der Waals surface area contributed by atoms with E-state index < -0.39 is 0 Å².